The van der Waals surface area contributed by atoms with Crippen LogP contribution in [0.5, 0.6) is 0 Å². The number of ether oxygens (including phenoxy) is 1. The maximum atomic E-state index is 13.2. The Hall–Kier alpha value is -2.28. The number of methoxy groups -OCH3 is 1. The molecule has 0 radical (unpaired) electrons. The van der Waals surface area contributed by atoms with Crippen molar-refractivity contribution in [1.29, 1.82) is 0 Å². The quantitative estimate of drug-likeness (QED) is 0.819. The number of aryl methyl sites for hydroxylation is 1. The number of hydrogen-bond acceptors (Lipinski definition) is 4. The van der Waals surface area contributed by atoms with Crippen molar-refractivity contribution in [2.24, 2.45) is 12.5 Å². The largest absolute Gasteiger partial charge is 0.379 e. The van der Waals surface area contributed by atoms with Gasteiger partial charge in [-0.2, -0.15) is 0 Å². The standard InChI is InChI=1S/C19H23FN4O2/c1-23-11-16(21-22-23)15-10-24(12-17(15)26-2)18(25)19(7-8-19)9-13-3-5-14(20)6-4-13/h3-6,11,15,17H,7-10,12H2,1-2H3/t15-,17+/m0/s1. The summed E-state index contributed by atoms with van der Waals surface area (Å²) in [4.78, 5) is 15.1. The Morgan fingerprint density at radius 1 is 1.31 bits per heavy atom. The number of likely N-dealkylation sites (tertiary alicyclic amines) is 1. The van der Waals surface area contributed by atoms with Crippen LogP contribution in [0.1, 0.15) is 30.0 Å². The number of carbonyl (C=O) groups excluding carboxylic acids is 1. The minimum absolute atomic E-state index is 0.0410. The van der Waals surface area contributed by atoms with E-state index in [4.69, 9.17) is 4.74 Å². The molecule has 0 bridgehead atoms. The molecule has 1 saturated heterocycles. The summed E-state index contributed by atoms with van der Waals surface area (Å²) < 4.78 is 20.4. The average molecular weight is 358 g/mol. The number of amides is 1. The van der Waals surface area contributed by atoms with Crippen LogP contribution in [-0.4, -0.2) is 52.1 Å². The number of carbonyl (C=O) groups is 1. The maximum absolute atomic E-state index is 13.2. The first kappa shape index (κ1) is 17.1. The lowest BCUT2D eigenvalue weighted by Crippen LogP contribution is -2.37. The number of aromatic nitrogens is 3. The molecule has 1 aromatic heterocycles. The summed E-state index contributed by atoms with van der Waals surface area (Å²) in [7, 11) is 3.51. The van der Waals surface area contributed by atoms with Crippen LogP contribution in [0.25, 0.3) is 0 Å². The van der Waals surface area contributed by atoms with Gasteiger partial charge in [-0.25, -0.2) is 4.39 Å². The van der Waals surface area contributed by atoms with Gasteiger partial charge in [0.25, 0.3) is 0 Å². The molecule has 26 heavy (non-hydrogen) atoms. The monoisotopic (exact) mass is 358 g/mol. The van der Waals surface area contributed by atoms with Crippen molar-refractivity contribution in [3.63, 3.8) is 0 Å². The highest BCUT2D eigenvalue weighted by atomic mass is 19.1. The molecule has 6 nitrogen and oxygen atoms in total. The van der Waals surface area contributed by atoms with Crippen LogP contribution in [0, 0.1) is 11.2 Å². The lowest BCUT2D eigenvalue weighted by atomic mass is 9.95. The molecule has 1 saturated carbocycles. The molecule has 2 aliphatic rings. The molecule has 2 heterocycles. The lowest BCUT2D eigenvalue weighted by molar-refractivity contribution is -0.136. The molecule has 0 unspecified atom stereocenters. The zero-order chi connectivity index (χ0) is 18.3. The Labute approximate surface area is 151 Å². The van der Waals surface area contributed by atoms with Gasteiger partial charge in [0.2, 0.25) is 5.91 Å². The molecule has 4 rings (SSSR count). The average Bonchev–Trinajstić information content (AvgIpc) is 3.09. The summed E-state index contributed by atoms with van der Waals surface area (Å²) in [6, 6.07) is 6.45. The van der Waals surface area contributed by atoms with Crippen molar-refractivity contribution < 1.29 is 13.9 Å². The van der Waals surface area contributed by atoms with Crippen molar-refractivity contribution in [1.82, 2.24) is 19.9 Å². The van der Waals surface area contributed by atoms with E-state index in [1.54, 1.807) is 23.9 Å². The third kappa shape index (κ3) is 3.11. The Morgan fingerprint density at radius 2 is 2.04 bits per heavy atom. The number of benzene rings is 1. The highest BCUT2D eigenvalue weighted by molar-refractivity contribution is 5.86. The molecule has 7 heteroatoms. The fourth-order valence-corrected chi connectivity index (χ4v) is 3.94. The molecule has 2 fully saturated rings. The van der Waals surface area contributed by atoms with Crippen molar-refractivity contribution in [3.05, 3.63) is 47.5 Å². The van der Waals surface area contributed by atoms with Crippen molar-refractivity contribution >= 4 is 5.91 Å². The summed E-state index contributed by atoms with van der Waals surface area (Å²) in [6.45, 7) is 1.17. The summed E-state index contributed by atoms with van der Waals surface area (Å²) in [5, 5.41) is 8.20. The molecule has 0 spiro atoms. The van der Waals surface area contributed by atoms with E-state index in [9.17, 15) is 9.18 Å². The highest BCUT2D eigenvalue weighted by Crippen LogP contribution is 2.50. The molecule has 2 aromatic rings. The van der Waals surface area contributed by atoms with E-state index in [1.807, 2.05) is 18.1 Å². The molecule has 138 valence electrons. The van der Waals surface area contributed by atoms with Gasteiger partial charge in [-0.15, -0.1) is 5.10 Å². The second kappa shape index (κ2) is 6.46. The van der Waals surface area contributed by atoms with Gasteiger partial charge in [0.15, 0.2) is 0 Å². The van der Waals surface area contributed by atoms with Crippen LogP contribution in [0.15, 0.2) is 30.5 Å². The fraction of sp³-hybridized carbons (Fsp3) is 0.526. The second-order valence-electron chi connectivity index (χ2n) is 7.49. The normalized spacial score (nSPS) is 24.0. The molecule has 1 aromatic carbocycles. The van der Waals surface area contributed by atoms with Gasteiger partial charge in [0.1, 0.15) is 5.82 Å². The van der Waals surface area contributed by atoms with E-state index >= 15 is 0 Å². The van der Waals surface area contributed by atoms with Crippen LogP contribution in [0.4, 0.5) is 4.39 Å². The van der Waals surface area contributed by atoms with Gasteiger partial charge >= 0.3 is 0 Å². The van der Waals surface area contributed by atoms with Crippen LogP contribution in [-0.2, 0) is 23.0 Å². The van der Waals surface area contributed by atoms with Gasteiger partial charge < -0.3 is 9.64 Å². The van der Waals surface area contributed by atoms with Crippen molar-refractivity contribution in [2.45, 2.75) is 31.3 Å². The first-order chi connectivity index (χ1) is 12.5. The minimum atomic E-state index is -0.340. The van der Waals surface area contributed by atoms with E-state index in [1.165, 1.54) is 12.1 Å². The van der Waals surface area contributed by atoms with Gasteiger partial charge in [-0.3, -0.25) is 9.48 Å². The third-order valence-corrected chi connectivity index (χ3v) is 5.62. The van der Waals surface area contributed by atoms with Gasteiger partial charge in [-0.1, -0.05) is 17.3 Å². The molecule has 0 N–H and O–H groups in total. The van der Waals surface area contributed by atoms with Gasteiger partial charge in [-0.05, 0) is 37.0 Å². The molecule has 2 atom stereocenters. The number of nitrogens with zero attached hydrogens (tertiary/aromatic N) is 4. The molecule has 1 aliphatic heterocycles. The number of rotatable bonds is 5. The predicted molar refractivity (Wildman–Crippen MR) is 92.9 cm³/mol. The van der Waals surface area contributed by atoms with E-state index < -0.39 is 0 Å². The van der Waals surface area contributed by atoms with E-state index in [2.05, 4.69) is 10.3 Å². The Morgan fingerprint density at radius 3 is 2.62 bits per heavy atom. The first-order valence-electron chi connectivity index (χ1n) is 8.93. The Balaban J connectivity index is 1.48. The second-order valence-corrected chi connectivity index (χ2v) is 7.49. The maximum Gasteiger partial charge on any atom is 0.229 e. The van der Waals surface area contributed by atoms with Gasteiger partial charge in [0.05, 0.1) is 23.1 Å². The lowest BCUT2D eigenvalue weighted by Gasteiger charge is -2.23. The smallest absolute Gasteiger partial charge is 0.229 e. The van der Waals surface area contributed by atoms with Crippen LogP contribution < -0.4 is 0 Å². The Bertz CT molecular complexity index is 800. The number of hydrogen-bond donors (Lipinski definition) is 0. The van der Waals surface area contributed by atoms with E-state index in [0.29, 0.717) is 19.5 Å². The zero-order valence-electron chi connectivity index (χ0n) is 15.1. The molecule has 1 aliphatic carbocycles. The Kier molecular flexibility index (Phi) is 4.26. The first-order valence-corrected chi connectivity index (χ1v) is 8.93. The summed E-state index contributed by atoms with van der Waals surface area (Å²) >= 11 is 0. The van der Waals surface area contributed by atoms with Crippen LogP contribution >= 0.6 is 0 Å². The van der Waals surface area contributed by atoms with Gasteiger partial charge in [0, 0.05) is 33.4 Å². The molecular weight excluding hydrogens is 335 g/mol. The van der Waals surface area contributed by atoms with Crippen LogP contribution in [0.3, 0.4) is 0 Å². The minimum Gasteiger partial charge on any atom is -0.379 e. The summed E-state index contributed by atoms with van der Waals surface area (Å²) in [5.41, 5.74) is 1.52. The predicted octanol–water partition coefficient (Wildman–Crippen LogP) is 1.92. The molecular formula is C19H23FN4O2. The van der Waals surface area contributed by atoms with Crippen molar-refractivity contribution in [3.8, 4) is 0 Å². The third-order valence-electron chi connectivity index (χ3n) is 5.62. The van der Waals surface area contributed by atoms with E-state index in [-0.39, 0.29) is 29.2 Å². The SMILES string of the molecule is CO[C@@H]1CN(C(=O)C2(Cc3ccc(F)cc3)CC2)C[C@H]1c1cn(C)nn1. The van der Waals surface area contributed by atoms with E-state index in [0.717, 1.165) is 24.1 Å². The van der Waals surface area contributed by atoms with Crippen LogP contribution in [0.2, 0.25) is 0 Å². The van der Waals surface area contributed by atoms with Crippen molar-refractivity contribution in [2.75, 3.05) is 20.2 Å². The summed E-state index contributed by atoms with van der Waals surface area (Å²) in [5.74, 6) is -0.0336. The highest BCUT2D eigenvalue weighted by Gasteiger charge is 2.53. The number of halogens is 1. The zero-order valence-corrected chi connectivity index (χ0v) is 15.1. The summed E-state index contributed by atoms with van der Waals surface area (Å²) in [6.07, 6.45) is 4.24. The molecule has 1 amide bonds. The topological polar surface area (TPSA) is 60.2 Å². The fourth-order valence-electron chi connectivity index (χ4n) is 3.94.